The van der Waals surface area contributed by atoms with Gasteiger partial charge in [-0.2, -0.15) is 0 Å². The van der Waals surface area contributed by atoms with Gasteiger partial charge >= 0.3 is 0 Å². The van der Waals surface area contributed by atoms with E-state index in [9.17, 15) is 4.79 Å². The highest BCUT2D eigenvalue weighted by Crippen LogP contribution is 2.23. The van der Waals surface area contributed by atoms with E-state index in [-0.39, 0.29) is 12.0 Å². The molecule has 5 heteroatoms. The zero-order valence-corrected chi connectivity index (χ0v) is 14.9. The van der Waals surface area contributed by atoms with E-state index < -0.39 is 0 Å². The van der Waals surface area contributed by atoms with Gasteiger partial charge < -0.3 is 20.1 Å². The van der Waals surface area contributed by atoms with Gasteiger partial charge in [-0.15, -0.1) is 0 Å². The molecule has 0 bridgehead atoms. The first-order chi connectivity index (χ1) is 11.7. The number of hydrogen-bond donors (Lipinski definition) is 1. The number of hydrogen-bond acceptors (Lipinski definition) is 4. The van der Waals surface area contributed by atoms with Crippen molar-refractivity contribution < 1.29 is 14.3 Å². The third kappa shape index (κ3) is 5.21. The number of likely N-dealkylation sites (N-methyl/N-ethyl adjacent to an activating group) is 1. The Morgan fingerprint density at radius 3 is 2.92 bits per heavy atom. The fraction of sp³-hybridized carbons (Fsp3) is 0.632. The number of nitrogens with zero attached hydrogens (tertiary/aromatic N) is 1. The predicted octanol–water partition coefficient (Wildman–Crippen LogP) is 2.75. The second-order valence-electron chi connectivity index (χ2n) is 6.32. The van der Waals surface area contributed by atoms with E-state index >= 15 is 0 Å². The van der Waals surface area contributed by atoms with Gasteiger partial charge in [0.25, 0.3) is 5.91 Å². The summed E-state index contributed by atoms with van der Waals surface area (Å²) in [6.45, 7) is 7.21. The highest BCUT2D eigenvalue weighted by molar-refractivity contribution is 5.97. The molecule has 1 aliphatic heterocycles. The smallest absolute Gasteiger partial charge is 0.257 e. The van der Waals surface area contributed by atoms with Crippen molar-refractivity contribution in [3.8, 4) is 5.75 Å². The Kier molecular flexibility index (Phi) is 7.53. The molecule has 2 rings (SSSR count). The summed E-state index contributed by atoms with van der Waals surface area (Å²) < 4.78 is 11.6. The largest absolute Gasteiger partial charge is 0.493 e. The molecule has 5 nitrogen and oxygen atoms in total. The van der Waals surface area contributed by atoms with Gasteiger partial charge in [-0.05, 0) is 63.8 Å². The van der Waals surface area contributed by atoms with E-state index in [1.807, 2.05) is 36.9 Å². The van der Waals surface area contributed by atoms with Crippen LogP contribution >= 0.6 is 0 Å². The minimum absolute atomic E-state index is 0.00872. The van der Waals surface area contributed by atoms with Crippen molar-refractivity contribution >= 4 is 5.91 Å². The van der Waals surface area contributed by atoms with Crippen molar-refractivity contribution in [2.45, 2.75) is 45.6 Å². The molecule has 1 fully saturated rings. The molecule has 1 heterocycles. The zero-order valence-electron chi connectivity index (χ0n) is 14.9. The van der Waals surface area contributed by atoms with E-state index in [2.05, 4.69) is 0 Å². The Hall–Kier alpha value is -1.59. The normalized spacial score (nSPS) is 17.5. The highest BCUT2D eigenvalue weighted by Gasteiger charge is 2.23. The Morgan fingerprint density at radius 1 is 1.42 bits per heavy atom. The average molecular weight is 334 g/mol. The summed E-state index contributed by atoms with van der Waals surface area (Å²) in [7, 11) is 0. The summed E-state index contributed by atoms with van der Waals surface area (Å²) in [6.07, 6.45) is 4.24. The van der Waals surface area contributed by atoms with E-state index in [0.717, 1.165) is 31.4 Å². The van der Waals surface area contributed by atoms with Gasteiger partial charge in [0.15, 0.2) is 0 Å². The molecule has 0 aromatic heterocycles. The standard InChI is InChI=1S/C19H30N2O3/c1-3-21(14-16-7-4-5-11-23-16)19(22)17-9-8-15(2)13-18(17)24-12-6-10-20/h8-9,13,16H,3-7,10-12,14,20H2,1-2H3/t16-/m1/s1. The average Bonchev–Trinajstić information content (AvgIpc) is 2.60. The van der Waals surface area contributed by atoms with E-state index in [0.29, 0.717) is 37.6 Å². The lowest BCUT2D eigenvalue weighted by Crippen LogP contribution is -2.39. The fourth-order valence-corrected chi connectivity index (χ4v) is 2.91. The van der Waals surface area contributed by atoms with Crippen LogP contribution in [0.5, 0.6) is 5.75 Å². The van der Waals surface area contributed by atoms with Crippen LogP contribution in [0.1, 0.15) is 48.5 Å². The van der Waals surface area contributed by atoms with E-state index in [1.54, 1.807) is 0 Å². The summed E-state index contributed by atoms with van der Waals surface area (Å²) in [5.74, 6) is 0.658. The number of carbonyl (C=O) groups is 1. The van der Waals surface area contributed by atoms with Gasteiger partial charge in [0, 0.05) is 19.7 Å². The summed E-state index contributed by atoms with van der Waals surface area (Å²) in [5, 5.41) is 0. The van der Waals surface area contributed by atoms with Gasteiger partial charge in [0.2, 0.25) is 0 Å². The van der Waals surface area contributed by atoms with Crippen LogP contribution < -0.4 is 10.5 Å². The quantitative estimate of drug-likeness (QED) is 0.743. The summed E-state index contributed by atoms with van der Waals surface area (Å²) in [6, 6.07) is 5.74. The summed E-state index contributed by atoms with van der Waals surface area (Å²) in [4.78, 5) is 14.8. The molecule has 1 aromatic carbocycles. The molecule has 1 amide bonds. The van der Waals surface area contributed by atoms with Gasteiger partial charge in [-0.1, -0.05) is 6.07 Å². The van der Waals surface area contributed by atoms with Crippen LogP contribution in [0.15, 0.2) is 18.2 Å². The molecule has 1 saturated heterocycles. The second kappa shape index (κ2) is 9.64. The van der Waals surface area contributed by atoms with Crippen LogP contribution in [0.3, 0.4) is 0 Å². The first-order valence-electron chi connectivity index (χ1n) is 9.00. The number of amides is 1. The Labute approximate surface area is 145 Å². The maximum absolute atomic E-state index is 13.0. The number of benzene rings is 1. The van der Waals surface area contributed by atoms with Gasteiger partial charge in [-0.25, -0.2) is 0 Å². The van der Waals surface area contributed by atoms with Crippen LogP contribution in [0, 0.1) is 6.92 Å². The number of carbonyl (C=O) groups excluding carboxylic acids is 1. The van der Waals surface area contributed by atoms with Crippen molar-refractivity contribution in [1.29, 1.82) is 0 Å². The number of nitrogens with two attached hydrogens (primary N) is 1. The van der Waals surface area contributed by atoms with Gasteiger partial charge in [-0.3, -0.25) is 4.79 Å². The summed E-state index contributed by atoms with van der Waals surface area (Å²) >= 11 is 0. The summed E-state index contributed by atoms with van der Waals surface area (Å²) in [5.41, 5.74) is 7.22. The highest BCUT2D eigenvalue weighted by atomic mass is 16.5. The second-order valence-corrected chi connectivity index (χ2v) is 6.32. The lowest BCUT2D eigenvalue weighted by atomic mass is 10.1. The number of ether oxygens (including phenoxy) is 2. The molecule has 2 N–H and O–H groups in total. The zero-order chi connectivity index (χ0) is 17.4. The molecule has 0 aliphatic carbocycles. The van der Waals surface area contributed by atoms with Gasteiger partial charge in [0.05, 0.1) is 18.3 Å². The van der Waals surface area contributed by atoms with Crippen LogP contribution in [-0.4, -0.2) is 49.8 Å². The van der Waals surface area contributed by atoms with Crippen molar-refractivity contribution in [3.05, 3.63) is 29.3 Å². The molecule has 0 saturated carbocycles. The first-order valence-corrected chi connectivity index (χ1v) is 9.00. The molecule has 0 spiro atoms. The van der Waals surface area contributed by atoms with Crippen molar-refractivity contribution in [2.75, 3.05) is 32.8 Å². The number of rotatable bonds is 8. The minimum Gasteiger partial charge on any atom is -0.493 e. The van der Waals surface area contributed by atoms with Gasteiger partial charge in [0.1, 0.15) is 5.75 Å². The Bertz CT molecular complexity index is 527. The molecule has 24 heavy (non-hydrogen) atoms. The maximum atomic E-state index is 13.0. The lowest BCUT2D eigenvalue weighted by molar-refractivity contribution is -0.00318. The number of aryl methyl sites for hydroxylation is 1. The molecular weight excluding hydrogens is 304 g/mol. The van der Waals surface area contributed by atoms with Crippen LogP contribution in [-0.2, 0) is 4.74 Å². The van der Waals surface area contributed by atoms with Crippen molar-refractivity contribution in [1.82, 2.24) is 4.90 Å². The molecule has 0 radical (unpaired) electrons. The van der Waals surface area contributed by atoms with Crippen LogP contribution in [0.2, 0.25) is 0 Å². The van der Waals surface area contributed by atoms with Crippen LogP contribution in [0.4, 0.5) is 0 Å². The molecule has 1 aromatic rings. The molecule has 134 valence electrons. The third-order valence-corrected chi connectivity index (χ3v) is 4.34. The predicted molar refractivity (Wildman–Crippen MR) is 95.5 cm³/mol. The topological polar surface area (TPSA) is 64.8 Å². The van der Waals surface area contributed by atoms with Crippen molar-refractivity contribution in [3.63, 3.8) is 0 Å². The lowest BCUT2D eigenvalue weighted by Gasteiger charge is -2.29. The molecular formula is C19H30N2O3. The maximum Gasteiger partial charge on any atom is 0.257 e. The van der Waals surface area contributed by atoms with E-state index in [4.69, 9.17) is 15.2 Å². The molecule has 1 atom stereocenters. The third-order valence-electron chi connectivity index (χ3n) is 4.34. The fourth-order valence-electron chi connectivity index (χ4n) is 2.91. The van der Waals surface area contributed by atoms with Crippen molar-refractivity contribution in [2.24, 2.45) is 5.73 Å². The monoisotopic (exact) mass is 334 g/mol. The van der Waals surface area contributed by atoms with E-state index in [1.165, 1.54) is 6.42 Å². The molecule has 1 aliphatic rings. The Balaban J connectivity index is 2.10. The first kappa shape index (κ1) is 18.7. The minimum atomic E-state index is 0.00872. The SMILES string of the molecule is CCN(C[C@H]1CCCCO1)C(=O)c1ccc(C)cc1OCCCN. The Morgan fingerprint density at radius 2 is 2.25 bits per heavy atom. The van der Waals surface area contributed by atoms with Crippen LogP contribution in [0.25, 0.3) is 0 Å². The molecule has 0 unspecified atom stereocenters.